The topological polar surface area (TPSA) is 78.1 Å². The number of anilines is 1. The molecule has 1 aromatic carbocycles. The highest BCUT2D eigenvalue weighted by atomic mass is 127. The molecule has 28 heavy (non-hydrogen) atoms. The van der Waals surface area contributed by atoms with Gasteiger partial charge in [-0.3, -0.25) is 13.6 Å². The van der Waals surface area contributed by atoms with Crippen LogP contribution in [0, 0.1) is 17.1 Å². The van der Waals surface area contributed by atoms with Crippen LogP contribution >= 0.6 is 30.3 Å². The fraction of sp³-hybridized carbons (Fsp3) is 0.316. The predicted octanol–water partition coefficient (Wildman–Crippen LogP) is 4.81. The number of likely N-dealkylation sites (N-methyl/N-ethyl adjacent to an activating group) is 1. The van der Waals surface area contributed by atoms with Crippen molar-refractivity contribution in [3.8, 4) is 6.07 Å². The van der Waals surface area contributed by atoms with Gasteiger partial charge in [-0.2, -0.15) is 5.26 Å². The molecule has 0 aliphatic heterocycles. The molecule has 1 aromatic heterocycles. The average Bonchev–Trinajstić information content (AvgIpc) is 3.00. The van der Waals surface area contributed by atoms with E-state index in [2.05, 4.69) is 5.32 Å². The molecule has 6 nitrogen and oxygen atoms in total. The summed E-state index contributed by atoms with van der Waals surface area (Å²) in [5.41, 5.74) is 0.904. The number of Topliss-reactive ketones (excluding diaryl/α,β-unsaturated/α-hetero) is 1. The van der Waals surface area contributed by atoms with Gasteiger partial charge < -0.3 is 10.2 Å². The van der Waals surface area contributed by atoms with E-state index >= 15 is 0 Å². The van der Waals surface area contributed by atoms with Crippen LogP contribution in [0.15, 0.2) is 29.8 Å². The average molecular weight is 516 g/mol. The van der Waals surface area contributed by atoms with Gasteiger partial charge in [0, 0.05) is 49.2 Å². The Labute approximate surface area is 180 Å². The van der Waals surface area contributed by atoms with E-state index < -0.39 is 17.5 Å². The quantitative estimate of drug-likeness (QED) is 0.258. The van der Waals surface area contributed by atoms with Crippen molar-refractivity contribution in [2.75, 3.05) is 26.0 Å². The lowest BCUT2D eigenvalue weighted by atomic mass is 10.1. The first kappa shape index (κ1) is 24.1. The Balaban J connectivity index is 0.00000190. The van der Waals surface area contributed by atoms with Crippen LogP contribution in [0.4, 0.5) is 10.1 Å². The van der Waals surface area contributed by atoms with Crippen molar-refractivity contribution < 1.29 is 14.0 Å². The van der Waals surface area contributed by atoms with Crippen LogP contribution in [-0.2, 0) is 4.79 Å². The van der Waals surface area contributed by atoms with Gasteiger partial charge >= 0.3 is 0 Å². The van der Waals surface area contributed by atoms with Gasteiger partial charge in [0.05, 0.1) is 16.8 Å². The molecule has 0 spiro atoms. The minimum absolute atomic E-state index is 0.0239. The number of nitriles is 1. The molecule has 150 valence electrons. The maximum Gasteiger partial charge on any atom is 0.221 e. The van der Waals surface area contributed by atoms with Gasteiger partial charge in [-0.15, -0.1) is 0 Å². The monoisotopic (exact) mass is 516 g/mol. The number of halogens is 2. The number of amides is 1. The second-order valence-corrected chi connectivity index (χ2v) is 7.47. The Morgan fingerprint density at radius 2 is 2.00 bits per heavy atom. The van der Waals surface area contributed by atoms with Crippen LogP contribution in [0.25, 0.3) is 10.9 Å². The molecule has 9 heteroatoms. The molecule has 0 aliphatic rings. The van der Waals surface area contributed by atoms with Gasteiger partial charge in [0.1, 0.15) is 17.6 Å². The van der Waals surface area contributed by atoms with E-state index in [0.29, 0.717) is 17.4 Å². The lowest BCUT2D eigenvalue weighted by molar-refractivity contribution is -0.114. The van der Waals surface area contributed by atoms with E-state index in [0.717, 1.165) is 0 Å². The summed E-state index contributed by atoms with van der Waals surface area (Å²) >= 11 is 2.01. The summed E-state index contributed by atoms with van der Waals surface area (Å²) in [6.45, 7) is 5.74. The van der Waals surface area contributed by atoms with Crippen LogP contribution in [0.3, 0.4) is 0 Å². The number of ketones is 1. The van der Waals surface area contributed by atoms with Gasteiger partial charge in [0.2, 0.25) is 11.7 Å². The zero-order valence-electron chi connectivity index (χ0n) is 16.3. The molecule has 0 bridgehead atoms. The SMILES string of the molecule is CC.CC(=O)Nc1cc2c(cc1F)cc(C(=O)C(C#N)=CCN(C)C)n2SI. The van der Waals surface area contributed by atoms with Crippen LogP contribution in [0.5, 0.6) is 0 Å². The third-order valence-corrected chi connectivity index (χ3v) is 5.20. The highest BCUT2D eigenvalue weighted by molar-refractivity contribution is 14.2. The number of carbonyl (C=O) groups is 2. The van der Waals surface area contributed by atoms with E-state index in [1.807, 2.05) is 60.1 Å². The number of carbonyl (C=O) groups excluding carboxylic acids is 2. The van der Waals surface area contributed by atoms with E-state index in [1.165, 1.54) is 28.2 Å². The first-order valence-electron chi connectivity index (χ1n) is 8.49. The van der Waals surface area contributed by atoms with Crippen LogP contribution in [0.1, 0.15) is 31.3 Å². The molecular formula is C19H22FIN4O2S. The number of rotatable bonds is 6. The lowest BCUT2D eigenvalue weighted by Gasteiger charge is -2.08. The van der Waals surface area contributed by atoms with E-state index in [4.69, 9.17) is 0 Å². The molecular weight excluding hydrogens is 494 g/mol. The molecule has 0 saturated heterocycles. The standard InChI is InChI=1S/C17H16FIN4O2S.C2H6/c1-10(24)21-14-8-15-12(6-13(14)18)7-16(23(15)26-19)17(25)11(9-20)4-5-22(2)3;1-2/h4,6-8H,5H2,1-3H3,(H,21,24);1-2H3. The second kappa shape index (κ2) is 11.2. The minimum Gasteiger partial charge on any atom is -0.324 e. The minimum atomic E-state index is -0.592. The summed E-state index contributed by atoms with van der Waals surface area (Å²) in [5, 5.41) is 12.3. The van der Waals surface area contributed by atoms with Crippen molar-refractivity contribution >= 4 is 58.6 Å². The van der Waals surface area contributed by atoms with Crippen molar-refractivity contribution in [3.05, 3.63) is 41.4 Å². The molecule has 0 atom stereocenters. The maximum atomic E-state index is 14.2. The maximum absolute atomic E-state index is 14.2. The zero-order chi connectivity index (χ0) is 21.4. The summed E-state index contributed by atoms with van der Waals surface area (Å²) in [6.07, 6.45) is 1.56. The largest absolute Gasteiger partial charge is 0.324 e. The Bertz CT molecular complexity index is 948. The molecule has 0 aliphatic carbocycles. The molecule has 0 radical (unpaired) electrons. The fourth-order valence-corrected chi connectivity index (χ4v) is 4.04. The third kappa shape index (κ3) is 5.80. The molecule has 0 saturated carbocycles. The van der Waals surface area contributed by atoms with Crippen LogP contribution < -0.4 is 5.32 Å². The predicted molar refractivity (Wildman–Crippen MR) is 121 cm³/mol. The van der Waals surface area contributed by atoms with E-state index in [-0.39, 0.29) is 17.0 Å². The summed E-state index contributed by atoms with van der Waals surface area (Å²) in [6, 6.07) is 6.21. The molecule has 0 fully saturated rings. The van der Waals surface area contributed by atoms with Crippen molar-refractivity contribution in [1.82, 2.24) is 8.87 Å². The van der Waals surface area contributed by atoms with Crippen LogP contribution in [0.2, 0.25) is 0 Å². The first-order valence-corrected chi connectivity index (χ1v) is 11.8. The third-order valence-electron chi connectivity index (χ3n) is 3.48. The summed E-state index contributed by atoms with van der Waals surface area (Å²) in [4.78, 5) is 25.8. The summed E-state index contributed by atoms with van der Waals surface area (Å²) in [7, 11) is 4.90. The molecule has 1 amide bonds. The molecule has 1 N–H and O–H groups in total. The Hall–Kier alpha value is -1.90. The van der Waals surface area contributed by atoms with Gasteiger partial charge in [-0.25, -0.2) is 4.39 Å². The van der Waals surface area contributed by atoms with E-state index in [1.54, 1.807) is 16.1 Å². The highest BCUT2D eigenvalue weighted by Gasteiger charge is 2.21. The number of hydrogen-bond acceptors (Lipinski definition) is 5. The zero-order valence-corrected chi connectivity index (χ0v) is 19.3. The van der Waals surface area contributed by atoms with Gasteiger partial charge in [-0.05, 0) is 38.4 Å². The number of nitrogens with zero attached hydrogens (tertiary/aromatic N) is 3. The number of nitrogens with one attached hydrogen (secondary N) is 1. The van der Waals surface area contributed by atoms with Gasteiger partial charge in [-0.1, -0.05) is 13.8 Å². The van der Waals surface area contributed by atoms with Crippen molar-refractivity contribution in [3.63, 3.8) is 0 Å². The number of aromatic nitrogens is 1. The van der Waals surface area contributed by atoms with Gasteiger partial charge in [0.25, 0.3) is 0 Å². The molecule has 2 aromatic rings. The Morgan fingerprint density at radius 3 is 2.50 bits per heavy atom. The molecule has 2 rings (SSSR count). The number of allylic oxidation sites excluding steroid dienone is 1. The van der Waals surface area contributed by atoms with Crippen molar-refractivity contribution in [2.45, 2.75) is 20.8 Å². The number of fused-ring (bicyclic) bond motifs is 1. The van der Waals surface area contributed by atoms with Gasteiger partial charge in [0.15, 0.2) is 0 Å². The summed E-state index contributed by atoms with van der Waals surface area (Å²) < 4.78 is 15.8. The first-order chi connectivity index (χ1) is 13.3. The smallest absolute Gasteiger partial charge is 0.221 e. The Kier molecular flexibility index (Phi) is 9.64. The molecule has 1 heterocycles. The van der Waals surface area contributed by atoms with Crippen molar-refractivity contribution in [1.29, 1.82) is 5.26 Å². The van der Waals surface area contributed by atoms with Crippen molar-refractivity contribution in [2.24, 2.45) is 0 Å². The fourth-order valence-electron chi connectivity index (χ4n) is 2.32. The second-order valence-electron chi connectivity index (χ2n) is 5.79. The number of hydrogen-bond donors (Lipinski definition) is 1. The number of benzene rings is 1. The lowest BCUT2D eigenvalue weighted by Crippen LogP contribution is -2.13. The highest BCUT2D eigenvalue weighted by Crippen LogP contribution is 2.33. The van der Waals surface area contributed by atoms with E-state index in [9.17, 15) is 19.2 Å². The summed E-state index contributed by atoms with van der Waals surface area (Å²) in [5.74, 6) is -1.42. The normalized spacial score (nSPS) is 11.0. The molecule has 0 unspecified atom stereocenters. The van der Waals surface area contributed by atoms with Crippen LogP contribution in [-0.4, -0.2) is 41.2 Å². The Morgan fingerprint density at radius 1 is 1.36 bits per heavy atom.